The Morgan fingerprint density at radius 1 is 1.32 bits per heavy atom. The first-order chi connectivity index (χ1) is 8.91. The second-order valence-corrected chi connectivity index (χ2v) is 5.69. The second-order valence-electron chi connectivity index (χ2n) is 4.52. The Bertz CT molecular complexity index is 472. The Labute approximate surface area is 117 Å². The van der Waals surface area contributed by atoms with Gasteiger partial charge in [0.1, 0.15) is 0 Å². The first-order valence-electron chi connectivity index (χ1n) is 6.08. The fourth-order valence-corrected chi connectivity index (χ4v) is 2.45. The molecule has 0 fully saturated rings. The predicted octanol–water partition coefficient (Wildman–Crippen LogP) is 2.65. The Morgan fingerprint density at radius 2 is 2.00 bits per heavy atom. The number of hydrogen-bond acceptors (Lipinski definition) is 3. The van der Waals surface area contributed by atoms with E-state index in [4.69, 9.17) is 5.11 Å². The zero-order valence-electron chi connectivity index (χ0n) is 11.5. The van der Waals surface area contributed by atoms with Crippen LogP contribution in [0.2, 0.25) is 0 Å². The van der Waals surface area contributed by atoms with Gasteiger partial charge in [-0.25, -0.2) is 4.79 Å². The van der Waals surface area contributed by atoms with E-state index in [1.54, 1.807) is 43.7 Å². The number of carboxylic acids is 1. The minimum atomic E-state index is -0.900. The molecule has 0 aromatic heterocycles. The standard InChI is InChI=1S/C14H19NO3S/c1-10-6-7-11(9-12(10)14(17)18)19-8-4-5-13(16)15(2)3/h6-7,9H,4-5,8H2,1-3H3,(H,17,18). The summed E-state index contributed by atoms with van der Waals surface area (Å²) >= 11 is 1.58. The van der Waals surface area contributed by atoms with Crippen LogP contribution in [-0.4, -0.2) is 41.7 Å². The van der Waals surface area contributed by atoms with E-state index in [9.17, 15) is 9.59 Å². The summed E-state index contributed by atoms with van der Waals surface area (Å²) in [6.45, 7) is 1.79. The van der Waals surface area contributed by atoms with Crippen LogP contribution in [0.5, 0.6) is 0 Å². The minimum Gasteiger partial charge on any atom is -0.478 e. The molecule has 1 rings (SSSR count). The monoisotopic (exact) mass is 281 g/mol. The average molecular weight is 281 g/mol. The van der Waals surface area contributed by atoms with Gasteiger partial charge < -0.3 is 10.0 Å². The molecular weight excluding hydrogens is 262 g/mol. The quantitative estimate of drug-likeness (QED) is 0.643. The van der Waals surface area contributed by atoms with Crippen molar-refractivity contribution in [2.75, 3.05) is 19.8 Å². The van der Waals surface area contributed by atoms with Gasteiger partial charge in [0.25, 0.3) is 0 Å². The van der Waals surface area contributed by atoms with Gasteiger partial charge in [-0.05, 0) is 36.8 Å². The van der Waals surface area contributed by atoms with Crippen molar-refractivity contribution >= 4 is 23.6 Å². The van der Waals surface area contributed by atoms with Crippen molar-refractivity contribution in [3.63, 3.8) is 0 Å². The number of aromatic carboxylic acids is 1. The number of nitrogens with zero attached hydrogens (tertiary/aromatic N) is 1. The van der Waals surface area contributed by atoms with Gasteiger partial charge in [-0.1, -0.05) is 6.07 Å². The molecular formula is C14H19NO3S. The van der Waals surface area contributed by atoms with Crippen LogP contribution in [0.15, 0.2) is 23.1 Å². The van der Waals surface area contributed by atoms with Gasteiger partial charge in [0.2, 0.25) is 5.91 Å². The van der Waals surface area contributed by atoms with E-state index in [2.05, 4.69) is 0 Å². The number of hydrogen-bond donors (Lipinski definition) is 1. The number of thioether (sulfide) groups is 1. The molecule has 1 N–H and O–H groups in total. The van der Waals surface area contributed by atoms with Crippen LogP contribution in [-0.2, 0) is 4.79 Å². The molecule has 5 heteroatoms. The number of carbonyl (C=O) groups excluding carboxylic acids is 1. The fraction of sp³-hybridized carbons (Fsp3) is 0.429. The summed E-state index contributed by atoms with van der Waals surface area (Å²) in [5.74, 6) is 0.0280. The predicted molar refractivity (Wildman–Crippen MR) is 76.8 cm³/mol. The molecule has 0 radical (unpaired) electrons. The summed E-state index contributed by atoms with van der Waals surface area (Å²) in [6, 6.07) is 5.42. The van der Waals surface area contributed by atoms with Crippen LogP contribution in [0.3, 0.4) is 0 Å². The van der Waals surface area contributed by atoms with Crippen LogP contribution in [0.1, 0.15) is 28.8 Å². The van der Waals surface area contributed by atoms with E-state index in [1.165, 1.54) is 0 Å². The largest absolute Gasteiger partial charge is 0.478 e. The van der Waals surface area contributed by atoms with Crippen LogP contribution in [0, 0.1) is 6.92 Å². The fourth-order valence-electron chi connectivity index (χ4n) is 1.56. The lowest BCUT2D eigenvalue weighted by Gasteiger charge is -2.09. The van der Waals surface area contributed by atoms with Crippen molar-refractivity contribution in [2.45, 2.75) is 24.7 Å². The molecule has 0 saturated heterocycles. The number of amides is 1. The molecule has 19 heavy (non-hydrogen) atoms. The first kappa shape index (κ1) is 15.6. The van der Waals surface area contributed by atoms with Gasteiger partial charge >= 0.3 is 5.97 Å². The van der Waals surface area contributed by atoms with E-state index in [0.29, 0.717) is 12.0 Å². The molecule has 1 aromatic carbocycles. The smallest absolute Gasteiger partial charge is 0.335 e. The Hall–Kier alpha value is -1.49. The molecule has 0 heterocycles. The summed E-state index contributed by atoms with van der Waals surface area (Å²) in [7, 11) is 3.49. The maximum absolute atomic E-state index is 11.4. The van der Waals surface area contributed by atoms with Gasteiger partial charge in [0, 0.05) is 25.4 Å². The van der Waals surface area contributed by atoms with Crippen molar-refractivity contribution in [1.29, 1.82) is 0 Å². The molecule has 1 aromatic rings. The van der Waals surface area contributed by atoms with Crippen molar-refractivity contribution in [3.05, 3.63) is 29.3 Å². The highest BCUT2D eigenvalue weighted by Gasteiger charge is 2.08. The van der Waals surface area contributed by atoms with Crippen LogP contribution >= 0.6 is 11.8 Å². The minimum absolute atomic E-state index is 0.121. The van der Waals surface area contributed by atoms with Crippen molar-refractivity contribution in [3.8, 4) is 0 Å². The highest BCUT2D eigenvalue weighted by atomic mass is 32.2. The lowest BCUT2D eigenvalue weighted by Crippen LogP contribution is -2.21. The maximum Gasteiger partial charge on any atom is 0.335 e. The Morgan fingerprint density at radius 3 is 2.58 bits per heavy atom. The van der Waals surface area contributed by atoms with Crippen LogP contribution in [0.25, 0.3) is 0 Å². The second kappa shape index (κ2) is 7.19. The topological polar surface area (TPSA) is 57.6 Å². The Balaban J connectivity index is 2.48. The van der Waals surface area contributed by atoms with Gasteiger partial charge in [-0.2, -0.15) is 0 Å². The first-order valence-corrected chi connectivity index (χ1v) is 7.07. The third kappa shape index (κ3) is 4.95. The molecule has 0 spiro atoms. The SMILES string of the molecule is Cc1ccc(SCCCC(=O)N(C)C)cc1C(=O)O. The number of rotatable bonds is 6. The molecule has 0 bridgehead atoms. The lowest BCUT2D eigenvalue weighted by molar-refractivity contribution is -0.128. The molecule has 0 aliphatic carbocycles. The number of aryl methyl sites for hydroxylation is 1. The lowest BCUT2D eigenvalue weighted by atomic mass is 10.1. The van der Waals surface area contributed by atoms with Gasteiger partial charge in [0.05, 0.1) is 5.56 Å². The maximum atomic E-state index is 11.4. The molecule has 0 aliphatic rings. The van der Waals surface area contributed by atoms with Crippen LogP contribution in [0.4, 0.5) is 0 Å². The van der Waals surface area contributed by atoms with E-state index in [-0.39, 0.29) is 5.91 Å². The van der Waals surface area contributed by atoms with E-state index in [0.717, 1.165) is 22.6 Å². The van der Waals surface area contributed by atoms with Crippen LogP contribution < -0.4 is 0 Å². The van der Waals surface area contributed by atoms with E-state index in [1.807, 2.05) is 12.1 Å². The average Bonchev–Trinajstić information content (AvgIpc) is 2.35. The Kier molecular flexibility index (Phi) is 5.89. The third-order valence-corrected chi connectivity index (χ3v) is 3.82. The van der Waals surface area contributed by atoms with E-state index >= 15 is 0 Å². The number of carbonyl (C=O) groups is 2. The molecule has 0 unspecified atom stereocenters. The zero-order chi connectivity index (χ0) is 14.4. The molecule has 0 atom stereocenters. The zero-order valence-corrected chi connectivity index (χ0v) is 12.3. The number of benzene rings is 1. The van der Waals surface area contributed by atoms with E-state index < -0.39 is 5.97 Å². The highest BCUT2D eigenvalue weighted by Crippen LogP contribution is 2.22. The van der Waals surface area contributed by atoms with Gasteiger partial charge in [0.15, 0.2) is 0 Å². The third-order valence-electron chi connectivity index (χ3n) is 2.74. The molecule has 104 valence electrons. The van der Waals surface area contributed by atoms with Gasteiger partial charge in [-0.15, -0.1) is 11.8 Å². The van der Waals surface area contributed by atoms with Crippen molar-refractivity contribution < 1.29 is 14.7 Å². The normalized spacial score (nSPS) is 10.3. The molecule has 4 nitrogen and oxygen atoms in total. The van der Waals surface area contributed by atoms with Crippen molar-refractivity contribution in [2.24, 2.45) is 0 Å². The highest BCUT2D eigenvalue weighted by molar-refractivity contribution is 7.99. The van der Waals surface area contributed by atoms with Crippen molar-refractivity contribution in [1.82, 2.24) is 4.90 Å². The molecule has 0 saturated carbocycles. The number of carboxylic acid groups (broad SMARTS) is 1. The summed E-state index contributed by atoms with van der Waals surface area (Å²) < 4.78 is 0. The van der Waals surface area contributed by atoms with Gasteiger partial charge in [-0.3, -0.25) is 4.79 Å². The summed E-state index contributed by atoms with van der Waals surface area (Å²) in [4.78, 5) is 24.9. The summed E-state index contributed by atoms with van der Waals surface area (Å²) in [6.07, 6.45) is 1.32. The summed E-state index contributed by atoms with van der Waals surface area (Å²) in [5.41, 5.74) is 1.11. The summed E-state index contributed by atoms with van der Waals surface area (Å²) in [5, 5.41) is 9.04. The molecule has 1 amide bonds. The molecule has 0 aliphatic heterocycles.